The fourth-order valence-corrected chi connectivity index (χ4v) is 1.49. The molecule has 1 saturated carbocycles. The molecule has 1 heterocycles. The van der Waals surface area contributed by atoms with Crippen molar-refractivity contribution in [2.24, 2.45) is 0 Å². The van der Waals surface area contributed by atoms with E-state index in [0.29, 0.717) is 0 Å². The molecular weight excluding hydrogens is 150 g/mol. The van der Waals surface area contributed by atoms with Crippen LogP contribution in [0.5, 0.6) is 5.88 Å². The quantitative estimate of drug-likeness (QED) is 0.667. The predicted molar refractivity (Wildman–Crippen MR) is 47.5 cm³/mol. The molecule has 0 radical (unpaired) electrons. The summed E-state index contributed by atoms with van der Waals surface area (Å²) in [6.07, 6.45) is 2.66. The monoisotopic (exact) mass is 163 g/mol. The summed E-state index contributed by atoms with van der Waals surface area (Å²) in [7, 11) is 1.65. The van der Waals surface area contributed by atoms with E-state index in [2.05, 4.69) is 18.0 Å². The molecule has 1 aromatic heterocycles. The minimum atomic E-state index is 0.719. The van der Waals surface area contributed by atoms with Crippen LogP contribution in [0.25, 0.3) is 0 Å². The molecule has 0 amide bonds. The Bertz CT molecular complexity index is 292. The van der Waals surface area contributed by atoms with Gasteiger partial charge in [0.15, 0.2) is 0 Å². The molecule has 64 valence electrons. The van der Waals surface area contributed by atoms with Gasteiger partial charge in [-0.3, -0.25) is 0 Å². The smallest absolute Gasteiger partial charge is 0.213 e. The van der Waals surface area contributed by atoms with Crippen LogP contribution < -0.4 is 4.74 Å². The predicted octanol–water partition coefficient (Wildman–Crippen LogP) is 2.28. The van der Waals surface area contributed by atoms with Crippen LogP contribution >= 0.6 is 0 Å². The van der Waals surface area contributed by atoms with Crippen molar-refractivity contribution in [1.29, 1.82) is 0 Å². The second kappa shape index (κ2) is 2.77. The minimum absolute atomic E-state index is 0.719. The molecule has 0 saturated heterocycles. The Morgan fingerprint density at radius 1 is 1.42 bits per heavy atom. The maximum atomic E-state index is 5.04. The van der Waals surface area contributed by atoms with Crippen molar-refractivity contribution in [2.75, 3.05) is 7.11 Å². The Kier molecular flexibility index (Phi) is 1.75. The van der Waals surface area contributed by atoms with Crippen LogP contribution in [0.3, 0.4) is 0 Å². The molecule has 0 aromatic carbocycles. The van der Waals surface area contributed by atoms with Gasteiger partial charge in [-0.25, -0.2) is 4.98 Å². The number of ether oxygens (including phenoxy) is 1. The van der Waals surface area contributed by atoms with Crippen molar-refractivity contribution in [2.45, 2.75) is 25.7 Å². The van der Waals surface area contributed by atoms with E-state index in [1.54, 1.807) is 7.11 Å². The van der Waals surface area contributed by atoms with Gasteiger partial charge in [0, 0.05) is 11.8 Å². The molecule has 2 rings (SSSR count). The number of methoxy groups -OCH3 is 1. The van der Waals surface area contributed by atoms with Gasteiger partial charge in [0.05, 0.1) is 7.11 Å². The first-order chi connectivity index (χ1) is 5.81. The van der Waals surface area contributed by atoms with E-state index in [1.165, 1.54) is 18.4 Å². The van der Waals surface area contributed by atoms with Gasteiger partial charge in [-0.1, -0.05) is 6.07 Å². The molecule has 0 N–H and O–H groups in total. The average molecular weight is 163 g/mol. The number of pyridine rings is 1. The lowest BCUT2D eigenvalue weighted by atomic mass is 10.1. The lowest BCUT2D eigenvalue weighted by Crippen LogP contribution is -1.93. The highest BCUT2D eigenvalue weighted by Gasteiger charge is 2.25. The molecule has 1 aliphatic carbocycles. The Morgan fingerprint density at radius 2 is 2.17 bits per heavy atom. The Morgan fingerprint density at radius 3 is 2.67 bits per heavy atom. The fourth-order valence-electron chi connectivity index (χ4n) is 1.49. The van der Waals surface area contributed by atoms with Crippen molar-refractivity contribution in [3.05, 3.63) is 23.4 Å². The molecule has 0 unspecified atom stereocenters. The molecule has 0 bridgehead atoms. The third kappa shape index (κ3) is 1.29. The molecule has 1 aliphatic rings. The van der Waals surface area contributed by atoms with E-state index >= 15 is 0 Å². The highest BCUT2D eigenvalue weighted by atomic mass is 16.5. The second-order valence-electron chi connectivity index (χ2n) is 3.30. The van der Waals surface area contributed by atoms with Gasteiger partial charge < -0.3 is 4.74 Å². The number of hydrogen-bond acceptors (Lipinski definition) is 2. The first-order valence-electron chi connectivity index (χ1n) is 4.33. The fraction of sp³-hybridized carbons (Fsp3) is 0.500. The first-order valence-corrected chi connectivity index (χ1v) is 4.33. The van der Waals surface area contributed by atoms with Gasteiger partial charge >= 0.3 is 0 Å². The lowest BCUT2D eigenvalue weighted by Gasteiger charge is -2.04. The molecule has 0 spiro atoms. The number of hydrogen-bond donors (Lipinski definition) is 0. The van der Waals surface area contributed by atoms with Crippen molar-refractivity contribution in [3.8, 4) is 5.88 Å². The summed E-state index contributed by atoms with van der Waals surface area (Å²) < 4.78 is 5.04. The average Bonchev–Trinajstić information content (AvgIpc) is 2.87. The number of aryl methyl sites for hydroxylation is 1. The Balaban J connectivity index is 2.32. The van der Waals surface area contributed by atoms with Crippen LogP contribution in [0.2, 0.25) is 0 Å². The maximum Gasteiger partial charge on any atom is 0.213 e. The van der Waals surface area contributed by atoms with Crippen LogP contribution in [0.4, 0.5) is 0 Å². The maximum absolute atomic E-state index is 5.04. The molecule has 12 heavy (non-hydrogen) atoms. The molecule has 1 fully saturated rings. The zero-order valence-electron chi connectivity index (χ0n) is 7.50. The summed E-state index contributed by atoms with van der Waals surface area (Å²) in [5.74, 6) is 1.50. The zero-order chi connectivity index (χ0) is 8.55. The largest absolute Gasteiger partial charge is 0.481 e. The third-order valence-electron chi connectivity index (χ3n) is 2.33. The first kappa shape index (κ1) is 7.59. The SMILES string of the molecule is COc1ccc(C2CC2)c(C)n1. The van der Waals surface area contributed by atoms with E-state index in [0.717, 1.165) is 17.5 Å². The van der Waals surface area contributed by atoms with Crippen LogP contribution in [0.1, 0.15) is 30.0 Å². The standard InChI is InChI=1S/C10H13NO/c1-7-9(8-3-4-8)5-6-10(11-7)12-2/h5-6,8H,3-4H2,1-2H3. The number of nitrogens with zero attached hydrogens (tertiary/aromatic N) is 1. The number of aromatic nitrogens is 1. The Hall–Kier alpha value is -1.05. The van der Waals surface area contributed by atoms with Crippen molar-refractivity contribution < 1.29 is 4.74 Å². The van der Waals surface area contributed by atoms with Crippen molar-refractivity contribution >= 4 is 0 Å². The van der Waals surface area contributed by atoms with E-state index in [1.807, 2.05) is 6.07 Å². The van der Waals surface area contributed by atoms with Crippen LogP contribution in [-0.2, 0) is 0 Å². The molecule has 2 nitrogen and oxygen atoms in total. The molecule has 0 atom stereocenters. The van der Waals surface area contributed by atoms with Gasteiger partial charge in [-0.15, -0.1) is 0 Å². The molecule has 1 aromatic rings. The van der Waals surface area contributed by atoms with Gasteiger partial charge in [0.25, 0.3) is 0 Å². The normalized spacial score (nSPS) is 16.2. The molecule has 0 aliphatic heterocycles. The second-order valence-corrected chi connectivity index (χ2v) is 3.30. The molecule has 2 heteroatoms. The summed E-state index contributed by atoms with van der Waals surface area (Å²) in [6.45, 7) is 2.05. The summed E-state index contributed by atoms with van der Waals surface area (Å²) in [5, 5.41) is 0. The minimum Gasteiger partial charge on any atom is -0.481 e. The highest BCUT2D eigenvalue weighted by Crippen LogP contribution is 2.41. The van der Waals surface area contributed by atoms with E-state index < -0.39 is 0 Å². The summed E-state index contributed by atoms with van der Waals surface area (Å²) in [5.41, 5.74) is 2.52. The van der Waals surface area contributed by atoms with Gasteiger partial charge in [0.1, 0.15) is 0 Å². The zero-order valence-corrected chi connectivity index (χ0v) is 7.50. The van der Waals surface area contributed by atoms with Gasteiger partial charge in [0.2, 0.25) is 5.88 Å². The van der Waals surface area contributed by atoms with E-state index in [9.17, 15) is 0 Å². The van der Waals surface area contributed by atoms with Crippen LogP contribution in [-0.4, -0.2) is 12.1 Å². The summed E-state index contributed by atoms with van der Waals surface area (Å²) in [6, 6.07) is 4.08. The van der Waals surface area contributed by atoms with Crippen molar-refractivity contribution in [1.82, 2.24) is 4.98 Å². The van der Waals surface area contributed by atoms with Gasteiger partial charge in [-0.05, 0) is 31.2 Å². The van der Waals surface area contributed by atoms with Crippen LogP contribution in [0, 0.1) is 6.92 Å². The van der Waals surface area contributed by atoms with E-state index in [-0.39, 0.29) is 0 Å². The Labute approximate surface area is 72.6 Å². The number of rotatable bonds is 2. The highest BCUT2D eigenvalue weighted by molar-refractivity contribution is 5.30. The topological polar surface area (TPSA) is 22.1 Å². The molecular formula is C10H13NO. The summed E-state index contributed by atoms with van der Waals surface area (Å²) in [4.78, 5) is 4.33. The van der Waals surface area contributed by atoms with Gasteiger partial charge in [-0.2, -0.15) is 0 Å². The lowest BCUT2D eigenvalue weighted by molar-refractivity contribution is 0.396. The van der Waals surface area contributed by atoms with Crippen LogP contribution in [0.15, 0.2) is 12.1 Å². The summed E-state index contributed by atoms with van der Waals surface area (Å²) >= 11 is 0. The van der Waals surface area contributed by atoms with E-state index in [4.69, 9.17) is 4.74 Å². The van der Waals surface area contributed by atoms with Crippen molar-refractivity contribution in [3.63, 3.8) is 0 Å². The third-order valence-corrected chi connectivity index (χ3v) is 2.33.